The largest absolute Gasteiger partial charge is 0.409 e. The van der Waals surface area contributed by atoms with Gasteiger partial charge < -0.3 is 20.6 Å². The molecule has 1 aliphatic rings. The average molecular weight is 229 g/mol. The number of oxime groups is 1. The molecule has 3 N–H and O–H groups in total. The first-order valence-electron chi connectivity index (χ1n) is 5.83. The molecule has 5 nitrogen and oxygen atoms in total. The molecule has 0 radical (unpaired) electrons. The summed E-state index contributed by atoms with van der Waals surface area (Å²) >= 11 is 0. The van der Waals surface area contributed by atoms with Gasteiger partial charge in [0.2, 0.25) is 0 Å². The second-order valence-corrected chi connectivity index (χ2v) is 4.73. The molecule has 1 unspecified atom stereocenters. The highest BCUT2D eigenvalue weighted by atomic mass is 16.5. The summed E-state index contributed by atoms with van der Waals surface area (Å²) in [6.45, 7) is 5.23. The van der Waals surface area contributed by atoms with Crippen LogP contribution in [0.3, 0.4) is 0 Å². The van der Waals surface area contributed by atoms with Crippen molar-refractivity contribution in [2.75, 3.05) is 26.7 Å². The number of hydrogen-bond donors (Lipinski definition) is 2. The SMILES string of the molecule is COC1(C)CCCN(CCCC(N)=NO)C1. The lowest BCUT2D eigenvalue weighted by atomic mass is 9.94. The van der Waals surface area contributed by atoms with Crippen LogP contribution >= 0.6 is 0 Å². The number of nitrogens with zero attached hydrogens (tertiary/aromatic N) is 2. The van der Waals surface area contributed by atoms with E-state index in [0.29, 0.717) is 12.3 Å². The maximum Gasteiger partial charge on any atom is 0.139 e. The third-order valence-electron chi connectivity index (χ3n) is 3.27. The lowest BCUT2D eigenvalue weighted by Gasteiger charge is -2.39. The van der Waals surface area contributed by atoms with Crippen molar-refractivity contribution in [1.29, 1.82) is 0 Å². The molecule has 0 aliphatic carbocycles. The first-order valence-corrected chi connectivity index (χ1v) is 5.83. The van der Waals surface area contributed by atoms with Gasteiger partial charge in [0.1, 0.15) is 5.84 Å². The second-order valence-electron chi connectivity index (χ2n) is 4.73. The zero-order chi connectivity index (χ0) is 12.0. The van der Waals surface area contributed by atoms with Crippen molar-refractivity contribution < 1.29 is 9.94 Å². The van der Waals surface area contributed by atoms with Crippen molar-refractivity contribution >= 4 is 5.84 Å². The minimum atomic E-state index is -0.00510. The van der Waals surface area contributed by atoms with Crippen LogP contribution < -0.4 is 5.73 Å². The van der Waals surface area contributed by atoms with Crippen LogP contribution in [-0.4, -0.2) is 48.3 Å². The van der Waals surface area contributed by atoms with Crippen LogP contribution in [0, 0.1) is 0 Å². The first kappa shape index (κ1) is 13.3. The summed E-state index contributed by atoms with van der Waals surface area (Å²) in [5.74, 6) is 0.312. The van der Waals surface area contributed by atoms with Crippen LogP contribution in [-0.2, 0) is 4.74 Å². The van der Waals surface area contributed by atoms with E-state index in [0.717, 1.165) is 32.5 Å². The van der Waals surface area contributed by atoms with Crippen molar-refractivity contribution in [2.45, 2.75) is 38.2 Å². The second kappa shape index (κ2) is 6.06. The van der Waals surface area contributed by atoms with E-state index in [4.69, 9.17) is 15.7 Å². The molecular weight excluding hydrogens is 206 g/mol. The third kappa shape index (κ3) is 3.98. The lowest BCUT2D eigenvalue weighted by Crippen LogP contribution is -2.47. The number of amidine groups is 1. The highest BCUT2D eigenvalue weighted by molar-refractivity contribution is 5.79. The van der Waals surface area contributed by atoms with Gasteiger partial charge in [-0.1, -0.05) is 5.16 Å². The van der Waals surface area contributed by atoms with Crippen molar-refractivity contribution in [3.8, 4) is 0 Å². The number of methoxy groups -OCH3 is 1. The Balaban J connectivity index is 2.27. The van der Waals surface area contributed by atoms with E-state index < -0.39 is 0 Å². The van der Waals surface area contributed by atoms with Crippen molar-refractivity contribution in [2.24, 2.45) is 10.9 Å². The molecule has 0 bridgehead atoms. The third-order valence-corrected chi connectivity index (χ3v) is 3.27. The van der Waals surface area contributed by atoms with Gasteiger partial charge in [-0.2, -0.15) is 0 Å². The Labute approximate surface area is 97.2 Å². The van der Waals surface area contributed by atoms with Gasteiger partial charge in [-0.25, -0.2) is 0 Å². The van der Waals surface area contributed by atoms with Gasteiger partial charge in [-0.15, -0.1) is 0 Å². The number of ether oxygens (including phenoxy) is 1. The maximum absolute atomic E-state index is 8.42. The molecular formula is C11H23N3O2. The Morgan fingerprint density at radius 3 is 3.00 bits per heavy atom. The first-order chi connectivity index (χ1) is 7.59. The number of likely N-dealkylation sites (tertiary alicyclic amines) is 1. The molecule has 1 aliphatic heterocycles. The molecule has 0 aromatic carbocycles. The van der Waals surface area contributed by atoms with E-state index in [1.807, 2.05) is 0 Å². The molecule has 0 saturated carbocycles. The van der Waals surface area contributed by atoms with E-state index in [2.05, 4.69) is 17.0 Å². The number of rotatable bonds is 5. The number of nitrogens with two attached hydrogens (primary N) is 1. The van der Waals surface area contributed by atoms with Crippen LogP contribution in [0.5, 0.6) is 0 Å². The summed E-state index contributed by atoms with van der Waals surface area (Å²) in [6.07, 6.45) is 3.88. The highest BCUT2D eigenvalue weighted by Crippen LogP contribution is 2.23. The monoisotopic (exact) mass is 229 g/mol. The maximum atomic E-state index is 8.42. The summed E-state index contributed by atoms with van der Waals surface area (Å²) in [7, 11) is 1.78. The smallest absolute Gasteiger partial charge is 0.139 e. The van der Waals surface area contributed by atoms with E-state index in [9.17, 15) is 0 Å². The summed E-state index contributed by atoms with van der Waals surface area (Å²) < 4.78 is 5.53. The Bertz CT molecular complexity index is 245. The van der Waals surface area contributed by atoms with Gasteiger partial charge in [0.25, 0.3) is 0 Å². The standard InChI is InChI=1S/C11H23N3O2/c1-11(16-2)6-4-8-14(9-11)7-3-5-10(12)13-15/h15H,3-9H2,1-2H3,(H2,12,13). The molecule has 1 fully saturated rings. The van der Waals surface area contributed by atoms with Crippen LogP contribution in [0.2, 0.25) is 0 Å². The van der Waals surface area contributed by atoms with Gasteiger partial charge in [0, 0.05) is 20.1 Å². The van der Waals surface area contributed by atoms with E-state index in [1.54, 1.807) is 7.11 Å². The quantitative estimate of drug-likeness (QED) is 0.319. The summed E-state index contributed by atoms with van der Waals surface area (Å²) in [5.41, 5.74) is 5.42. The molecule has 0 amide bonds. The molecule has 0 aromatic rings. The Kier molecular flexibility index (Phi) is 5.02. The van der Waals surface area contributed by atoms with Crippen LogP contribution in [0.15, 0.2) is 5.16 Å². The van der Waals surface area contributed by atoms with E-state index in [-0.39, 0.29) is 5.60 Å². The predicted molar refractivity (Wildman–Crippen MR) is 63.7 cm³/mol. The molecule has 16 heavy (non-hydrogen) atoms. The molecule has 0 spiro atoms. The van der Waals surface area contributed by atoms with E-state index in [1.165, 1.54) is 6.42 Å². The Morgan fingerprint density at radius 1 is 1.62 bits per heavy atom. The zero-order valence-electron chi connectivity index (χ0n) is 10.3. The predicted octanol–water partition coefficient (Wildman–Crippen LogP) is 1.01. The van der Waals surface area contributed by atoms with Crippen LogP contribution in [0.4, 0.5) is 0 Å². The Morgan fingerprint density at radius 2 is 2.38 bits per heavy atom. The molecule has 1 saturated heterocycles. The summed E-state index contributed by atoms with van der Waals surface area (Å²) in [6, 6.07) is 0. The number of piperidine rings is 1. The van der Waals surface area contributed by atoms with E-state index >= 15 is 0 Å². The molecule has 1 atom stereocenters. The number of hydrogen-bond acceptors (Lipinski definition) is 4. The van der Waals surface area contributed by atoms with Gasteiger partial charge >= 0.3 is 0 Å². The zero-order valence-corrected chi connectivity index (χ0v) is 10.3. The average Bonchev–Trinajstić information content (AvgIpc) is 2.29. The molecule has 5 heteroatoms. The van der Waals surface area contributed by atoms with Crippen molar-refractivity contribution in [1.82, 2.24) is 4.90 Å². The van der Waals surface area contributed by atoms with Gasteiger partial charge in [0.15, 0.2) is 0 Å². The minimum Gasteiger partial charge on any atom is -0.409 e. The normalized spacial score (nSPS) is 28.2. The molecule has 0 aromatic heterocycles. The molecule has 1 rings (SSSR count). The fraction of sp³-hybridized carbons (Fsp3) is 0.909. The van der Waals surface area contributed by atoms with Gasteiger partial charge in [0.05, 0.1) is 5.60 Å². The van der Waals surface area contributed by atoms with Gasteiger partial charge in [-0.05, 0) is 39.3 Å². The highest BCUT2D eigenvalue weighted by Gasteiger charge is 2.30. The lowest BCUT2D eigenvalue weighted by molar-refractivity contribution is -0.0506. The molecule has 94 valence electrons. The van der Waals surface area contributed by atoms with Gasteiger partial charge in [-0.3, -0.25) is 0 Å². The van der Waals surface area contributed by atoms with Crippen LogP contribution in [0.25, 0.3) is 0 Å². The topological polar surface area (TPSA) is 71.1 Å². The minimum absolute atomic E-state index is 0.00510. The van der Waals surface area contributed by atoms with Crippen molar-refractivity contribution in [3.63, 3.8) is 0 Å². The molecule has 1 heterocycles. The Hall–Kier alpha value is -0.810. The summed E-state index contributed by atoms with van der Waals surface area (Å²) in [5, 5.41) is 11.4. The fourth-order valence-electron chi connectivity index (χ4n) is 2.20. The van der Waals surface area contributed by atoms with Crippen molar-refractivity contribution in [3.05, 3.63) is 0 Å². The fourth-order valence-corrected chi connectivity index (χ4v) is 2.20. The van der Waals surface area contributed by atoms with Crippen LogP contribution in [0.1, 0.15) is 32.6 Å². The summed E-state index contributed by atoms with van der Waals surface area (Å²) in [4.78, 5) is 2.39.